The predicted octanol–water partition coefficient (Wildman–Crippen LogP) is 2.21. The van der Waals surface area contributed by atoms with Crippen LogP contribution in [0.2, 0.25) is 0 Å². The summed E-state index contributed by atoms with van der Waals surface area (Å²) in [5.74, 6) is -0.299. The number of nitriles is 1. The van der Waals surface area contributed by atoms with Gasteiger partial charge in [-0.3, -0.25) is 0 Å². The first-order valence-electron chi connectivity index (χ1n) is 4.84. The summed E-state index contributed by atoms with van der Waals surface area (Å²) in [5, 5.41) is 27.7. The average molecular weight is 280 g/mol. The molecular formula is C11H9ClF3NO2. The maximum absolute atomic E-state index is 12.4. The van der Waals surface area contributed by atoms with Crippen molar-refractivity contribution in [2.24, 2.45) is 0 Å². The van der Waals surface area contributed by atoms with Gasteiger partial charge in [0.25, 0.3) is 0 Å². The minimum Gasteiger partial charge on any atom is -0.389 e. The van der Waals surface area contributed by atoms with E-state index in [1.54, 1.807) is 6.07 Å². The highest BCUT2D eigenvalue weighted by atomic mass is 35.5. The zero-order valence-corrected chi connectivity index (χ0v) is 9.70. The van der Waals surface area contributed by atoms with Crippen LogP contribution in [0.5, 0.6) is 0 Å². The first-order chi connectivity index (χ1) is 8.31. The Hall–Kier alpha value is -1.29. The Morgan fingerprint density at radius 3 is 2.39 bits per heavy atom. The number of aliphatic hydroxyl groups excluding tert-OH is 2. The molecule has 98 valence electrons. The van der Waals surface area contributed by atoms with E-state index < -0.39 is 23.9 Å². The molecule has 0 fully saturated rings. The van der Waals surface area contributed by atoms with Gasteiger partial charge in [-0.15, -0.1) is 11.6 Å². The molecule has 2 N–H and O–H groups in total. The number of hydrogen-bond acceptors (Lipinski definition) is 3. The van der Waals surface area contributed by atoms with E-state index in [0.29, 0.717) is 6.07 Å². The van der Waals surface area contributed by atoms with E-state index in [4.69, 9.17) is 16.9 Å². The van der Waals surface area contributed by atoms with Crippen LogP contribution in [-0.4, -0.2) is 22.2 Å². The molecule has 0 radical (unpaired) electrons. The van der Waals surface area contributed by atoms with E-state index in [-0.39, 0.29) is 17.0 Å². The lowest BCUT2D eigenvalue weighted by atomic mass is 9.97. The second-order valence-corrected chi connectivity index (χ2v) is 3.89. The first kappa shape index (κ1) is 14.8. The first-order valence-corrected chi connectivity index (χ1v) is 5.38. The fraction of sp³-hybridized carbons (Fsp3) is 0.364. The molecule has 1 aromatic rings. The summed E-state index contributed by atoms with van der Waals surface area (Å²) >= 11 is 5.32. The smallest absolute Gasteiger partial charge is 0.389 e. The van der Waals surface area contributed by atoms with Gasteiger partial charge in [0.05, 0.1) is 29.2 Å². The van der Waals surface area contributed by atoms with Crippen molar-refractivity contribution in [1.29, 1.82) is 5.26 Å². The topological polar surface area (TPSA) is 64.2 Å². The van der Waals surface area contributed by atoms with Crippen molar-refractivity contribution in [3.63, 3.8) is 0 Å². The van der Waals surface area contributed by atoms with Crippen molar-refractivity contribution in [2.45, 2.75) is 18.4 Å². The van der Waals surface area contributed by atoms with Gasteiger partial charge in [-0.1, -0.05) is 6.07 Å². The maximum Gasteiger partial charge on any atom is 0.416 e. The van der Waals surface area contributed by atoms with E-state index in [9.17, 15) is 23.4 Å². The Labute approximate surface area is 106 Å². The van der Waals surface area contributed by atoms with Crippen molar-refractivity contribution in [1.82, 2.24) is 0 Å². The lowest BCUT2D eigenvalue weighted by Gasteiger charge is -2.18. The molecule has 2 unspecified atom stereocenters. The summed E-state index contributed by atoms with van der Waals surface area (Å²) in [7, 11) is 0. The Bertz CT molecular complexity index is 470. The molecule has 1 aromatic carbocycles. The average Bonchev–Trinajstić information content (AvgIpc) is 2.35. The number of benzene rings is 1. The van der Waals surface area contributed by atoms with Crippen LogP contribution in [0.4, 0.5) is 13.2 Å². The van der Waals surface area contributed by atoms with Crippen LogP contribution in [0.3, 0.4) is 0 Å². The molecule has 0 spiro atoms. The van der Waals surface area contributed by atoms with Crippen LogP contribution >= 0.6 is 11.6 Å². The highest BCUT2D eigenvalue weighted by Gasteiger charge is 2.32. The quantitative estimate of drug-likeness (QED) is 0.834. The van der Waals surface area contributed by atoms with E-state index in [0.717, 1.165) is 12.1 Å². The number of hydrogen-bond donors (Lipinski definition) is 2. The normalized spacial score (nSPS) is 14.9. The summed E-state index contributed by atoms with van der Waals surface area (Å²) < 4.78 is 37.3. The van der Waals surface area contributed by atoms with Gasteiger partial charge in [-0.05, 0) is 12.1 Å². The zero-order chi connectivity index (χ0) is 13.9. The fourth-order valence-electron chi connectivity index (χ4n) is 1.38. The van der Waals surface area contributed by atoms with Gasteiger partial charge in [-0.2, -0.15) is 18.4 Å². The molecule has 0 aliphatic carbocycles. The van der Waals surface area contributed by atoms with Crippen molar-refractivity contribution in [3.05, 3.63) is 34.9 Å². The van der Waals surface area contributed by atoms with Crippen LogP contribution < -0.4 is 0 Å². The SMILES string of the molecule is N#Cc1cc(C(F)(F)F)ccc1C(O)C(O)CCl. The van der Waals surface area contributed by atoms with Gasteiger partial charge in [-0.25, -0.2) is 0 Å². The Balaban J connectivity index is 3.21. The van der Waals surface area contributed by atoms with E-state index in [1.807, 2.05) is 0 Å². The highest BCUT2D eigenvalue weighted by molar-refractivity contribution is 6.18. The van der Waals surface area contributed by atoms with Crippen molar-refractivity contribution < 1.29 is 23.4 Å². The summed E-state index contributed by atoms with van der Waals surface area (Å²) in [6.07, 6.45) is -7.42. The van der Waals surface area contributed by atoms with Crippen LogP contribution in [0.1, 0.15) is 22.8 Å². The molecule has 0 saturated heterocycles. The lowest BCUT2D eigenvalue weighted by Crippen LogP contribution is -2.21. The van der Waals surface area contributed by atoms with Gasteiger partial charge in [0, 0.05) is 5.56 Å². The van der Waals surface area contributed by atoms with Crippen molar-refractivity contribution in [3.8, 4) is 6.07 Å². The highest BCUT2D eigenvalue weighted by Crippen LogP contribution is 2.32. The molecule has 1 rings (SSSR count). The molecule has 0 aliphatic heterocycles. The van der Waals surface area contributed by atoms with Gasteiger partial charge >= 0.3 is 6.18 Å². The summed E-state index contributed by atoms with van der Waals surface area (Å²) in [4.78, 5) is 0. The lowest BCUT2D eigenvalue weighted by molar-refractivity contribution is -0.137. The summed E-state index contributed by atoms with van der Waals surface area (Å²) in [5.41, 5.74) is -1.42. The monoisotopic (exact) mass is 279 g/mol. The third-order valence-electron chi connectivity index (χ3n) is 2.34. The Morgan fingerprint density at radius 1 is 1.33 bits per heavy atom. The largest absolute Gasteiger partial charge is 0.416 e. The summed E-state index contributed by atoms with van der Waals surface area (Å²) in [6, 6.07) is 3.87. The van der Waals surface area contributed by atoms with Gasteiger partial charge < -0.3 is 10.2 Å². The number of halogens is 4. The summed E-state index contributed by atoms with van der Waals surface area (Å²) in [6.45, 7) is 0. The molecule has 3 nitrogen and oxygen atoms in total. The van der Waals surface area contributed by atoms with Gasteiger partial charge in [0.2, 0.25) is 0 Å². The van der Waals surface area contributed by atoms with E-state index >= 15 is 0 Å². The van der Waals surface area contributed by atoms with E-state index in [2.05, 4.69) is 0 Å². The van der Waals surface area contributed by atoms with E-state index in [1.165, 1.54) is 0 Å². The van der Waals surface area contributed by atoms with Crippen LogP contribution in [0.15, 0.2) is 18.2 Å². The number of rotatable bonds is 3. The van der Waals surface area contributed by atoms with Gasteiger partial charge in [0.15, 0.2) is 0 Å². The minimum absolute atomic E-state index is 0.0846. The molecule has 0 bridgehead atoms. The molecule has 0 amide bonds. The number of aliphatic hydroxyl groups is 2. The minimum atomic E-state index is -4.57. The number of nitrogens with zero attached hydrogens (tertiary/aromatic N) is 1. The molecule has 7 heteroatoms. The molecule has 0 aromatic heterocycles. The second kappa shape index (κ2) is 5.57. The molecule has 0 heterocycles. The predicted molar refractivity (Wildman–Crippen MR) is 57.8 cm³/mol. The molecule has 0 aliphatic rings. The third kappa shape index (κ3) is 3.13. The van der Waals surface area contributed by atoms with Crippen molar-refractivity contribution in [2.75, 3.05) is 5.88 Å². The maximum atomic E-state index is 12.4. The second-order valence-electron chi connectivity index (χ2n) is 3.58. The molecular weight excluding hydrogens is 271 g/mol. The van der Waals surface area contributed by atoms with Gasteiger partial charge in [0.1, 0.15) is 6.10 Å². The number of alkyl halides is 4. The third-order valence-corrected chi connectivity index (χ3v) is 2.66. The zero-order valence-electron chi connectivity index (χ0n) is 8.95. The molecule has 2 atom stereocenters. The Kier molecular flexibility index (Phi) is 4.57. The molecule has 18 heavy (non-hydrogen) atoms. The van der Waals surface area contributed by atoms with Crippen LogP contribution in [0, 0.1) is 11.3 Å². The standard InChI is InChI=1S/C11H9ClF3NO2/c12-4-9(17)10(18)8-2-1-7(11(13,14)15)3-6(8)5-16/h1-3,9-10,17-18H,4H2. The molecule has 0 saturated carbocycles. The Morgan fingerprint density at radius 2 is 1.94 bits per heavy atom. The fourth-order valence-corrected chi connectivity index (χ4v) is 1.55. The van der Waals surface area contributed by atoms with Crippen LogP contribution in [-0.2, 0) is 6.18 Å². The van der Waals surface area contributed by atoms with Crippen molar-refractivity contribution >= 4 is 11.6 Å². The van der Waals surface area contributed by atoms with Crippen LogP contribution in [0.25, 0.3) is 0 Å².